The third-order valence-corrected chi connectivity index (χ3v) is 3.68. The summed E-state index contributed by atoms with van der Waals surface area (Å²) in [5.74, 6) is 0. The Morgan fingerprint density at radius 1 is 1.26 bits per heavy atom. The van der Waals surface area contributed by atoms with Crippen LogP contribution < -0.4 is 5.32 Å². The van der Waals surface area contributed by atoms with Crippen molar-refractivity contribution in [1.82, 2.24) is 4.90 Å². The van der Waals surface area contributed by atoms with Gasteiger partial charge in [0.25, 0.3) is 0 Å². The molecule has 1 aromatic carbocycles. The van der Waals surface area contributed by atoms with Crippen molar-refractivity contribution in [3.05, 3.63) is 28.2 Å². The van der Waals surface area contributed by atoms with Crippen molar-refractivity contribution in [2.24, 2.45) is 0 Å². The maximum Gasteiger partial charge on any atom is 0.0839 e. The van der Waals surface area contributed by atoms with Gasteiger partial charge in [-0.3, -0.25) is 4.90 Å². The van der Waals surface area contributed by atoms with Crippen LogP contribution in [0.15, 0.2) is 18.2 Å². The highest BCUT2D eigenvalue weighted by molar-refractivity contribution is 6.39. The number of nitrogens with one attached hydrogen (secondary N) is 1. The molecule has 2 N–H and O–H groups in total. The molecule has 6 heteroatoms. The van der Waals surface area contributed by atoms with Crippen LogP contribution in [-0.2, 0) is 4.74 Å². The van der Waals surface area contributed by atoms with Gasteiger partial charge in [0.1, 0.15) is 0 Å². The maximum absolute atomic E-state index is 10.0. The number of anilines is 1. The summed E-state index contributed by atoms with van der Waals surface area (Å²) < 4.78 is 5.27. The molecule has 1 unspecified atom stereocenters. The van der Waals surface area contributed by atoms with Crippen LogP contribution in [0.5, 0.6) is 0 Å². The van der Waals surface area contributed by atoms with Gasteiger partial charge < -0.3 is 15.2 Å². The van der Waals surface area contributed by atoms with Crippen LogP contribution in [0.3, 0.4) is 0 Å². The molecule has 19 heavy (non-hydrogen) atoms. The molecule has 0 saturated carbocycles. The molecule has 1 aliphatic rings. The molecule has 0 radical (unpaired) electrons. The minimum absolute atomic E-state index is 0.417. The van der Waals surface area contributed by atoms with E-state index in [1.807, 2.05) is 0 Å². The Kier molecular flexibility index (Phi) is 5.73. The monoisotopic (exact) mass is 304 g/mol. The lowest BCUT2D eigenvalue weighted by atomic mass is 10.2. The summed E-state index contributed by atoms with van der Waals surface area (Å²) >= 11 is 12.1. The number of β-amino-alcohol motifs (C(OH)–C–C–N with tert-alkyl or cyclic N) is 1. The van der Waals surface area contributed by atoms with Gasteiger partial charge in [-0.05, 0) is 12.1 Å². The lowest BCUT2D eigenvalue weighted by molar-refractivity contribution is 0.0171. The number of hydrogen-bond acceptors (Lipinski definition) is 4. The predicted molar refractivity (Wildman–Crippen MR) is 78.2 cm³/mol. The molecule has 4 nitrogen and oxygen atoms in total. The third kappa shape index (κ3) is 4.51. The summed E-state index contributed by atoms with van der Waals surface area (Å²) in [7, 11) is 0. The van der Waals surface area contributed by atoms with E-state index < -0.39 is 6.10 Å². The van der Waals surface area contributed by atoms with Gasteiger partial charge in [0, 0.05) is 26.2 Å². The Labute approximate surface area is 123 Å². The summed E-state index contributed by atoms with van der Waals surface area (Å²) in [6.07, 6.45) is -0.467. The Hall–Kier alpha value is -0.520. The fraction of sp³-hybridized carbons (Fsp3) is 0.538. The van der Waals surface area contributed by atoms with Crippen molar-refractivity contribution in [1.29, 1.82) is 0 Å². The van der Waals surface area contributed by atoms with Gasteiger partial charge in [-0.2, -0.15) is 0 Å². The molecule has 1 fully saturated rings. The molecule has 1 atom stereocenters. The average Bonchev–Trinajstić information content (AvgIpc) is 2.39. The average molecular weight is 305 g/mol. The first-order chi connectivity index (χ1) is 9.16. The van der Waals surface area contributed by atoms with Gasteiger partial charge in [0.2, 0.25) is 0 Å². The van der Waals surface area contributed by atoms with E-state index in [0.29, 0.717) is 28.8 Å². The molecule has 0 amide bonds. The topological polar surface area (TPSA) is 44.7 Å². The van der Waals surface area contributed by atoms with Gasteiger partial charge in [-0.1, -0.05) is 29.3 Å². The number of morpholine rings is 1. The summed E-state index contributed by atoms with van der Waals surface area (Å²) in [4.78, 5) is 2.18. The van der Waals surface area contributed by atoms with Crippen molar-refractivity contribution < 1.29 is 9.84 Å². The molecule has 106 valence electrons. The SMILES string of the molecule is OC(CNc1c(Cl)cccc1Cl)CN1CCOCC1. The Morgan fingerprint density at radius 2 is 1.89 bits per heavy atom. The number of nitrogens with zero attached hydrogens (tertiary/aromatic N) is 1. The normalized spacial score (nSPS) is 18.3. The number of ether oxygens (including phenoxy) is 1. The molecule has 0 spiro atoms. The van der Waals surface area contributed by atoms with Crippen LogP contribution in [-0.4, -0.2) is 55.5 Å². The summed E-state index contributed by atoms with van der Waals surface area (Å²) in [6.45, 7) is 4.24. The second-order valence-electron chi connectivity index (χ2n) is 4.54. The summed E-state index contributed by atoms with van der Waals surface area (Å²) in [6, 6.07) is 5.33. The van der Waals surface area contributed by atoms with Gasteiger partial charge in [-0.15, -0.1) is 0 Å². The molecule has 2 rings (SSSR count). The van der Waals surface area contributed by atoms with Crippen molar-refractivity contribution in [3.63, 3.8) is 0 Å². The zero-order chi connectivity index (χ0) is 13.7. The molecule has 0 bridgehead atoms. The molecule has 0 aliphatic carbocycles. The van der Waals surface area contributed by atoms with Gasteiger partial charge in [-0.25, -0.2) is 0 Å². The first-order valence-electron chi connectivity index (χ1n) is 6.33. The highest BCUT2D eigenvalue weighted by Crippen LogP contribution is 2.29. The van der Waals surface area contributed by atoms with E-state index >= 15 is 0 Å². The highest BCUT2D eigenvalue weighted by atomic mass is 35.5. The van der Waals surface area contributed by atoms with Crippen molar-refractivity contribution in [3.8, 4) is 0 Å². The third-order valence-electron chi connectivity index (χ3n) is 3.05. The Bertz CT molecular complexity index is 391. The van der Waals surface area contributed by atoms with Gasteiger partial charge >= 0.3 is 0 Å². The van der Waals surface area contributed by atoms with E-state index in [0.717, 1.165) is 26.3 Å². The quantitative estimate of drug-likeness (QED) is 0.874. The van der Waals surface area contributed by atoms with E-state index in [-0.39, 0.29) is 0 Å². The van der Waals surface area contributed by atoms with Crippen molar-refractivity contribution in [2.45, 2.75) is 6.10 Å². The Morgan fingerprint density at radius 3 is 2.53 bits per heavy atom. The number of aliphatic hydroxyl groups is 1. The highest BCUT2D eigenvalue weighted by Gasteiger charge is 2.15. The minimum Gasteiger partial charge on any atom is -0.390 e. The molecule has 1 aliphatic heterocycles. The predicted octanol–water partition coefficient (Wildman–Crippen LogP) is 2.10. The summed E-state index contributed by atoms with van der Waals surface area (Å²) in [5, 5.41) is 14.2. The lowest BCUT2D eigenvalue weighted by Gasteiger charge is -2.28. The smallest absolute Gasteiger partial charge is 0.0839 e. The molecule has 1 heterocycles. The first kappa shape index (κ1) is 14.9. The van der Waals surface area contributed by atoms with Crippen molar-refractivity contribution >= 4 is 28.9 Å². The Balaban J connectivity index is 1.81. The van der Waals surface area contributed by atoms with E-state index in [9.17, 15) is 5.11 Å². The number of halogens is 2. The van der Waals surface area contributed by atoms with Crippen LogP contribution in [0, 0.1) is 0 Å². The number of aliphatic hydroxyl groups excluding tert-OH is 1. The molecule has 1 saturated heterocycles. The van der Waals surface area contributed by atoms with E-state index in [2.05, 4.69) is 10.2 Å². The zero-order valence-electron chi connectivity index (χ0n) is 10.6. The number of benzene rings is 1. The van der Waals surface area contributed by atoms with E-state index in [1.54, 1.807) is 18.2 Å². The minimum atomic E-state index is -0.467. The standard InChI is InChI=1S/C13H18Cl2N2O2/c14-11-2-1-3-12(15)13(11)16-8-10(18)9-17-4-6-19-7-5-17/h1-3,10,16,18H,4-9H2. The van der Waals surface area contributed by atoms with Gasteiger partial charge in [0.05, 0.1) is 35.1 Å². The summed E-state index contributed by atoms with van der Waals surface area (Å²) in [5.41, 5.74) is 0.673. The zero-order valence-corrected chi connectivity index (χ0v) is 12.1. The van der Waals surface area contributed by atoms with E-state index in [1.165, 1.54) is 0 Å². The molecular formula is C13H18Cl2N2O2. The van der Waals surface area contributed by atoms with Gasteiger partial charge in [0.15, 0.2) is 0 Å². The van der Waals surface area contributed by atoms with Crippen LogP contribution in [0.2, 0.25) is 10.0 Å². The van der Waals surface area contributed by atoms with Crippen molar-refractivity contribution in [2.75, 3.05) is 44.7 Å². The second kappa shape index (κ2) is 7.31. The van der Waals surface area contributed by atoms with Crippen LogP contribution >= 0.6 is 23.2 Å². The fourth-order valence-corrected chi connectivity index (χ4v) is 2.56. The molecule has 1 aromatic rings. The fourth-order valence-electron chi connectivity index (χ4n) is 2.03. The maximum atomic E-state index is 10.0. The number of hydrogen-bond donors (Lipinski definition) is 2. The first-order valence-corrected chi connectivity index (χ1v) is 7.08. The second-order valence-corrected chi connectivity index (χ2v) is 5.36. The molecular weight excluding hydrogens is 287 g/mol. The van der Waals surface area contributed by atoms with Crippen LogP contribution in [0.25, 0.3) is 0 Å². The number of para-hydroxylation sites is 1. The lowest BCUT2D eigenvalue weighted by Crippen LogP contribution is -2.42. The van der Waals surface area contributed by atoms with Crippen LogP contribution in [0.4, 0.5) is 5.69 Å². The van der Waals surface area contributed by atoms with Crippen LogP contribution in [0.1, 0.15) is 0 Å². The largest absolute Gasteiger partial charge is 0.390 e. The van der Waals surface area contributed by atoms with E-state index in [4.69, 9.17) is 27.9 Å². The molecule has 0 aromatic heterocycles. The number of rotatable bonds is 5.